The summed E-state index contributed by atoms with van der Waals surface area (Å²) in [5.41, 5.74) is -1.41. The van der Waals surface area contributed by atoms with Gasteiger partial charge in [-0.05, 0) is 80.1 Å². The molecule has 292 valence electrons. The van der Waals surface area contributed by atoms with Crippen molar-refractivity contribution in [2.24, 2.45) is 0 Å². The maximum atomic E-state index is 17.0. The molecule has 2 aromatic heterocycles. The van der Waals surface area contributed by atoms with Crippen LogP contribution >= 0.6 is 22.9 Å². The smallest absolute Gasteiger partial charge is 0.413 e. The molecule has 2 aromatic carbocycles. The van der Waals surface area contributed by atoms with Crippen LogP contribution in [0, 0.1) is 5.82 Å². The topological polar surface area (TPSA) is 122 Å². The first-order valence-electron chi connectivity index (χ1n) is 17.4. The van der Waals surface area contributed by atoms with E-state index in [0.717, 1.165) is 30.7 Å². The van der Waals surface area contributed by atoms with Crippen LogP contribution in [0.4, 0.5) is 38.1 Å². The Balaban J connectivity index is 1.43. The van der Waals surface area contributed by atoms with E-state index in [9.17, 15) is 22.8 Å². The first-order chi connectivity index (χ1) is 25.2. The fourth-order valence-corrected chi connectivity index (χ4v) is 7.63. The van der Waals surface area contributed by atoms with Crippen molar-refractivity contribution in [3.8, 4) is 17.1 Å². The standard InChI is InChI=1S/C36H42ClF4N7O5S/c1-34(2,3)52-32(49)45-31-43-27-20(11-8-12-23(27)54-31)25-22(37)16-21-28(26(25)38)42-30(51-18-19-10-9-13-46(19)7)44-29(21)47-14-15-48(24(17-47)36(39,40)41)33(50)53-35(4,5)6/h8,11-12,16,19,24H,9-10,13-15,17-18H2,1-7H3,(H,43,45,49). The van der Waals surface area contributed by atoms with Gasteiger partial charge in [-0.2, -0.15) is 23.1 Å². The second kappa shape index (κ2) is 14.8. The Morgan fingerprint density at radius 1 is 1.00 bits per heavy atom. The molecule has 1 N–H and O–H groups in total. The summed E-state index contributed by atoms with van der Waals surface area (Å²) in [5, 5.41) is 2.80. The van der Waals surface area contributed by atoms with Gasteiger partial charge in [-0.25, -0.2) is 19.0 Å². The van der Waals surface area contributed by atoms with Crippen LogP contribution in [0.25, 0.3) is 32.2 Å². The quantitative estimate of drug-likeness (QED) is 0.190. The molecule has 4 heterocycles. The van der Waals surface area contributed by atoms with Crippen molar-refractivity contribution in [2.75, 3.05) is 50.1 Å². The lowest BCUT2D eigenvalue weighted by Crippen LogP contribution is -2.61. The van der Waals surface area contributed by atoms with Gasteiger partial charge in [0.1, 0.15) is 35.2 Å². The van der Waals surface area contributed by atoms with Gasteiger partial charge >= 0.3 is 24.4 Å². The number of thiazole rings is 1. The number of likely N-dealkylation sites (tertiary alicyclic amines) is 1. The van der Waals surface area contributed by atoms with Crippen LogP contribution in [0.3, 0.4) is 0 Å². The van der Waals surface area contributed by atoms with Crippen LogP contribution in [-0.2, 0) is 9.47 Å². The number of carbonyl (C=O) groups is 2. The van der Waals surface area contributed by atoms with Gasteiger partial charge in [-0.3, -0.25) is 10.2 Å². The molecule has 0 aliphatic carbocycles. The molecule has 0 spiro atoms. The fourth-order valence-electron chi connectivity index (χ4n) is 6.46. The Hall–Kier alpha value is -4.22. The second-order valence-corrected chi connectivity index (χ2v) is 16.8. The van der Waals surface area contributed by atoms with Gasteiger partial charge in [-0.1, -0.05) is 35.1 Å². The zero-order valence-electron chi connectivity index (χ0n) is 30.9. The summed E-state index contributed by atoms with van der Waals surface area (Å²) in [6.45, 7) is 9.78. The van der Waals surface area contributed by atoms with E-state index in [1.165, 1.54) is 11.0 Å². The van der Waals surface area contributed by atoms with Crippen molar-refractivity contribution in [1.82, 2.24) is 24.8 Å². The molecule has 0 saturated carbocycles. The van der Waals surface area contributed by atoms with Crippen LogP contribution in [0.2, 0.25) is 5.02 Å². The number of ether oxygens (including phenoxy) is 3. The van der Waals surface area contributed by atoms with Crippen molar-refractivity contribution in [3.05, 3.63) is 35.1 Å². The number of hydrogen-bond donors (Lipinski definition) is 1. The van der Waals surface area contributed by atoms with Gasteiger partial charge in [0.05, 0.1) is 15.2 Å². The van der Waals surface area contributed by atoms with Crippen LogP contribution in [0.5, 0.6) is 6.01 Å². The monoisotopic (exact) mass is 795 g/mol. The Bertz CT molecular complexity index is 2070. The molecule has 2 atom stereocenters. The number of amides is 2. The molecule has 6 rings (SSSR count). The molecule has 2 aliphatic rings. The van der Waals surface area contributed by atoms with E-state index in [1.54, 1.807) is 59.7 Å². The SMILES string of the molecule is CN1CCCC1COc1nc(N2CCN(C(=O)OC(C)(C)C)C(C(F)(F)F)C2)c2cc(Cl)c(-c3cccc4sc(NC(=O)OC(C)(C)C)nc34)c(F)c2n1. The Morgan fingerprint density at radius 3 is 2.37 bits per heavy atom. The molecule has 2 unspecified atom stereocenters. The van der Waals surface area contributed by atoms with Gasteiger partial charge in [0.2, 0.25) is 0 Å². The average Bonchev–Trinajstić information content (AvgIpc) is 3.66. The lowest BCUT2D eigenvalue weighted by atomic mass is 10.0. The largest absolute Gasteiger partial charge is 0.462 e. The molecule has 2 fully saturated rings. The third-order valence-corrected chi connectivity index (χ3v) is 10.1. The zero-order valence-corrected chi connectivity index (χ0v) is 32.5. The lowest BCUT2D eigenvalue weighted by molar-refractivity contribution is -0.181. The number of aromatic nitrogens is 3. The number of fused-ring (bicyclic) bond motifs is 2. The number of rotatable bonds is 6. The normalized spacial score (nSPS) is 18.7. The van der Waals surface area contributed by atoms with Crippen LogP contribution in [0.15, 0.2) is 24.3 Å². The molecule has 12 nitrogen and oxygen atoms in total. The number of benzene rings is 2. The second-order valence-electron chi connectivity index (χ2n) is 15.3. The molecule has 0 bridgehead atoms. The molecule has 2 aliphatic heterocycles. The van der Waals surface area contributed by atoms with E-state index in [0.29, 0.717) is 20.7 Å². The summed E-state index contributed by atoms with van der Waals surface area (Å²) in [4.78, 5) is 43.0. The third-order valence-electron chi connectivity index (χ3n) is 8.90. The van der Waals surface area contributed by atoms with Gasteiger partial charge in [0, 0.05) is 42.2 Å². The van der Waals surface area contributed by atoms with E-state index < -0.39 is 48.0 Å². The number of halogens is 5. The molecular weight excluding hydrogens is 754 g/mol. The molecule has 54 heavy (non-hydrogen) atoms. The van der Waals surface area contributed by atoms with E-state index in [1.807, 2.05) is 7.05 Å². The van der Waals surface area contributed by atoms with E-state index in [-0.39, 0.29) is 64.2 Å². The maximum absolute atomic E-state index is 17.0. The number of nitrogens with one attached hydrogen (secondary N) is 1. The predicted octanol–water partition coefficient (Wildman–Crippen LogP) is 8.51. The first-order valence-corrected chi connectivity index (χ1v) is 18.6. The Morgan fingerprint density at radius 2 is 1.72 bits per heavy atom. The summed E-state index contributed by atoms with van der Waals surface area (Å²) in [6, 6.07) is 4.03. The number of nitrogens with zero attached hydrogens (tertiary/aromatic N) is 6. The highest BCUT2D eigenvalue weighted by Gasteiger charge is 2.50. The van der Waals surface area contributed by atoms with E-state index in [4.69, 9.17) is 25.8 Å². The van der Waals surface area contributed by atoms with Gasteiger partial charge < -0.3 is 24.0 Å². The molecule has 2 amide bonds. The molecule has 18 heteroatoms. The summed E-state index contributed by atoms with van der Waals surface area (Å²) >= 11 is 7.99. The minimum Gasteiger partial charge on any atom is -0.462 e. The molecular formula is C36H42ClF4N7O5S. The predicted molar refractivity (Wildman–Crippen MR) is 199 cm³/mol. The van der Waals surface area contributed by atoms with E-state index in [2.05, 4.69) is 25.2 Å². The number of hydrogen-bond acceptors (Lipinski definition) is 11. The highest BCUT2D eigenvalue weighted by atomic mass is 35.5. The van der Waals surface area contributed by atoms with Crippen molar-refractivity contribution in [2.45, 2.75) is 83.8 Å². The van der Waals surface area contributed by atoms with Gasteiger partial charge in [0.25, 0.3) is 0 Å². The van der Waals surface area contributed by atoms with Crippen molar-refractivity contribution < 1.29 is 41.4 Å². The molecule has 0 radical (unpaired) electrons. The third kappa shape index (κ3) is 8.68. The van der Waals surface area contributed by atoms with Crippen molar-refractivity contribution in [3.63, 3.8) is 0 Å². The Labute approximate surface area is 318 Å². The molecule has 4 aromatic rings. The zero-order chi connectivity index (χ0) is 39.3. The number of piperazine rings is 1. The maximum Gasteiger partial charge on any atom is 0.413 e. The average molecular weight is 796 g/mol. The summed E-state index contributed by atoms with van der Waals surface area (Å²) < 4.78 is 78.1. The van der Waals surface area contributed by atoms with Crippen LogP contribution in [0.1, 0.15) is 54.4 Å². The van der Waals surface area contributed by atoms with Gasteiger partial charge in [0.15, 0.2) is 10.9 Å². The summed E-state index contributed by atoms with van der Waals surface area (Å²) in [7, 11) is 1.95. The van der Waals surface area contributed by atoms with Crippen molar-refractivity contribution >= 4 is 67.2 Å². The van der Waals surface area contributed by atoms with Crippen molar-refractivity contribution in [1.29, 1.82) is 0 Å². The number of likely N-dealkylation sites (N-methyl/N-ethyl adjacent to an activating group) is 1. The fraction of sp³-hybridized carbons (Fsp3) is 0.528. The van der Waals surface area contributed by atoms with Gasteiger partial charge in [-0.15, -0.1) is 0 Å². The number of anilines is 2. The number of para-hydroxylation sites is 1. The number of carbonyl (C=O) groups excluding carboxylic acids is 2. The Kier molecular flexibility index (Phi) is 10.8. The molecule has 2 saturated heterocycles. The highest BCUT2D eigenvalue weighted by Crippen LogP contribution is 2.43. The van der Waals surface area contributed by atoms with E-state index >= 15 is 4.39 Å². The van der Waals surface area contributed by atoms with Crippen LogP contribution < -0.4 is 15.0 Å². The minimum atomic E-state index is -4.83. The minimum absolute atomic E-state index is 0.0315. The highest BCUT2D eigenvalue weighted by molar-refractivity contribution is 7.22. The number of alkyl halides is 3. The summed E-state index contributed by atoms with van der Waals surface area (Å²) in [6.07, 6.45) is -4.82. The lowest BCUT2D eigenvalue weighted by Gasteiger charge is -2.42. The van der Waals surface area contributed by atoms with Crippen LogP contribution in [-0.4, -0.2) is 106 Å². The first kappa shape index (κ1) is 39.5. The summed E-state index contributed by atoms with van der Waals surface area (Å²) in [5.74, 6) is -0.901.